The number of fused-ring (bicyclic) bond motifs is 1. The van der Waals surface area contributed by atoms with Gasteiger partial charge in [-0.3, -0.25) is 9.59 Å². The van der Waals surface area contributed by atoms with E-state index in [1.807, 2.05) is 0 Å². The van der Waals surface area contributed by atoms with Gasteiger partial charge in [0.05, 0.1) is 17.8 Å². The summed E-state index contributed by atoms with van der Waals surface area (Å²) in [4.78, 5) is 25.2. The number of anilines is 1. The van der Waals surface area contributed by atoms with Crippen LogP contribution in [0.15, 0.2) is 54.9 Å². The number of aromatic nitrogens is 2. The molecule has 1 aromatic heterocycles. The highest BCUT2D eigenvalue weighted by molar-refractivity contribution is 6.33. The fourth-order valence-corrected chi connectivity index (χ4v) is 3.62. The van der Waals surface area contributed by atoms with E-state index >= 15 is 0 Å². The predicted octanol–water partition coefficient (Wildman–Crippen LogP) is 3.25. The van der Waals surface area contributed by atoms with Crippen molar-refractivity contribution in [3.05, 3.63) is 76.6 Å². The first kappa shape index (κ1) is 17.5. The Morgan fingerprint density at radius 3 is 2.67 bits per heavy atom. The van der Waals surface area contributed by atoms with Gasteiger partial charge in [0, 0.05) is 28.5 Å². The molecular weight excluding hydrogens is 366 g/mol. The second-order valence-electron chi connectivity index (χ2n) is 6.53. The number of benzene rings is 2. The van der Waals surface area contributed by atoms with Crippen LogP contribution in [0.3, 0.4) is 0 Å². The van der Waals surface area contributed by atoms with Crippen molar-refractivity contribution in [3.63, 3.8) is 0 Å². The van der Waals surface area contributed by atoms with E-state index in [0.29, 0.717) is 11.3 Å². The number of halogens is 1. The van der Waals surface area contributed by atoms with Gasteiger partial charge >= 0.3 is 0 Å². The van der Waals surface area contributed by atoms with Crippen molar-refractivity contribution in [2.45, 2.75) is 18.9 Å². The molecule has 1 aliphatic rings. The molecule has 136 valence electrons. The Bertz CT molecular complexity index is 1050. The maximum absolute atomic E-state index is 12.7. The smallest absolute Gasteiger partial charge is 0.261 e. The molecule has 2 N–H and O–H groups in total. The van der Waals surface area contributed by atoms with Crippen molar-refractivity contribution in [2.24, 2.45) is 0 Å². The molecule has 4 rings (SSSR count). The molecule has 0 saturated heterocycles. The van der Waals surface area contributed by atoms with Crippen molar-refractivity contribution in [3.8, 4) is 5.69 Å². The minimum absolute atomic E-state index is 0.248. The van der Waals surface area contributed by atoms with E-state index in [4.69, 9.17) is 11.6 Å². The molecule has 1 unspecified atom stereocenters. The molecule has 3 aromatic rings. The molecule has 27 heavy (non-hydrogen) atoms. The van der Waals surface area contributed by atoms with Crippen LogP contribution >= 0.6 is 11.6 Å². The molecule has 0 radical (unpaired) electrons. The number of hydrogen-bond donors (Lipinski definition) is 2. The molecule has 2 heterocycles. The van der Waals surface area contributed by atoms with Gasteiger partial charge < -0.3 is 10.4 Å². The topological polar surface area (TPSA) is 84.2 Å². The lowest BCUT2D eigenvalue weighted by atomic mass is 9.87. The van der Waals surface area contributed by atoms with Crippen molar-refractivity contribution >= 4 is 29.0 Å². The number of hydrogen-bond acceptors (Lipinski definition) is 4. The molecule has 7 heteroatoms. The number of aliphatic hydroxyl groups is 1. The maximum Gasteiger partial charge on any atom is 0.261 e. The first-order valence-electron chi connectivity index (χ1n) is 8.37. The van der Waals surface area contributed by atoms with Gasteiger partial charge in [-0.15, -0.1) is 0 Å². The first-order chi connectivity index (χ1) is 12.9. The largest absolute Gasteiger partial charge is 0.375 e. The molecule has 1 amide bonds. The van der Waals surface area contributed by atoms with Gasteiger partial charge in [-0.1, -0.05) is 17.7 Å². The third-order valence-electron chi connectivity index (χ3n) is 4.77. The second-order valence-corrected chi connectivity index (χ2v) is 6.93. The number of rotatable bonds is 4. The molecule has 1 atom stereocenters. The van der Waals surface area contributed by atoms with Gasteiger partial charge in [0.1, 0.15) is 0 Å². The number of nitrogens with zero attached hydrogens (tertiary/aromatic N) is 2. The van der Waals surface area contributed by atoms with Crippen LogP contribution in [-0.2, 0) is 10.4 Å². The number of carbonyl (C=O) groups excluding carboxylic acids is 2. The fraction of sp³-hybridized carbons (Fsp3) is 0.150. The number of nitrogens with one attached hydrogen (secondary N) is 1. The van der Waals surface area contributed by atoms with Gasteiger partial charge in [-0.2, -0.15) is 5.10 Å². The summed E-state index contributed by atoms with van der Waals surface area (Å²) >= 11 is 6.23. The molecule has 2 aromatic carbocycles. The second kappa shape index (κ2) is 6.33. The Morgan fingerprint density at radius 1 is 1.26 bits per heavy atom. The Morgan fingerprint density at radius 2 is 2.00 bits per heavy atom. The summed E-state index contributed by atoms with van der Waals surface area (Å²) in [6, 6.07) is 12.0. The number of Topliss-reactive ketones (excluding diaryl/α,β-unsaturated/α-hetero) is 1. The summed E-state index contributed by atoms with van der Waals surface area (Å²) in [5.74, 6) is -1.000. The molecule has 0 fully saturated rings. The maximum atomic E-state index is 12.7. The van der Waals surface area contributed by atoms with Crippen LogP contribution in [0.5, 0.6) is 0 Å². The van der Waals surface area contributed by atoms with Gasteiger partial charge in [0.15, 0.2) is 11.4 Å². The Kier molecular flexibility index (Phi) is 4.09. The highest BCUT2D eigenvalue weighted by Gasteiger charge is 2.48. The third kappa shape index (κ3) is 2.83. The Labute approximate surface area is 160 Å². The van der Waals surface area contributed by atoms with Crippen molar-refractivity contribution in [1.29, 1.82) is 0 Å². The molecule has 0 saturated carbocycles. The van der Waals surface area contributed by atoms with Crippen LogP contribution in [0.2, 0.25) is 5.02 Å². The van der Waals surface area contributed by atoms with Crippen molar-refractivity contribution in [2.75, 3.05) is 5.32 Å². The molecule has 1 aliphatic heterocycles. The molecular formula is C20H16ClN3O3. The summed E-state index contributed by atoms with van der Waals surface area (Å²) in [7, 11) is 0. The summed E-state index contributed by atoms with van der Waals surface area (Å²) in [6.07, 6.45) is 3.07. The van der Waals surface area contributed by atoms with Gasteiger partial charge in [-0.25, -0.2) is 4.68 Å². The normalized spacial score (nSPS) is 18.3. The zero-order valence-electron chi connectivity index (χ0n) is 14.4. The third-order valence-corrected chi connectivity index (χ3v) is 5.08. The van der Waals surface area contributed by atoms with Crippen LogP contribution in [0, 0.1) is 6.92 Å². The van der Waals surface area contributed by atoms with Gasteiger partial charge in [-0.05, 0) is 48.9 Å². The summed E-state index contributed by atoms with van der Waals surface area (Å²) < 4.78 is 1.67. The highest BCUT2D eigenvalue weighted by atomic mass is 35.5. The lowest BCUT2D eigenvalue weighted by Gasteiger charge is -2.21. The molecule has 6 nitrogen and oxygen atoms in total. The van der Waals surface area contributed by atoms with Gasteiger partial charge in [0.25, 0.3) is 5.91 Å². The van der Waals surface area contributed by atoms with Crippen LogP contribution in [0.25, 0.3) is 5.69 Å². The molecule has 0 aliphatic carbocycles. The first-order valence-corrected chi connectivity index (χ1v) is 8.74. The predicted molar refractivity (Wildman–Crippen MR) is 101 cm³/mol. The summed E-state index contributed by atoms with van der Waals surface area (Å²) in [6.45, 7) is 1.80. The summed E-state index contributed by atoms with van der Waals surface area (Å²) in [5, 5.41) is 18.0. The van der Waals surface area contributed by atoms with E-state index in [9.17, 15) is 14.7 Å². The highest BCUT2D eigenvalue weighted by Crippen LogP contribution is 2.44. The van der Waals surface area contributed by atoms with E-state index < -0.39 is 17.9 Å². The lowest BCUT2D eigenvalue weighted by molar-refractivity contribution is -0.133. The number of aryl methyl sites for hydroxylation is 1. The zero-order chi connectivity index (χ0) is 19.2. The standard InChI is InChI=1S/C20H16ClN3O3/c1-12-3-8-15(21)17-18(12)23-19(26)20(17,27)11-16(25)13-4-6-14(7-5-13)24-10-2-9-22-24/h2-10,27H,11H2,1H3,(H,23,26). The lowest BCUT2D eigenvalue weighted by Crippen LogP contribution is -2.36. The number of amides is 1. The van der Waals surface area contributed by atoms with E-state index in [0.717, 1.165) is 11.3 Å². The SMILES string of the molecule is Cc1ccc(Cl)c2c1NC(=O)C2(O)CC(=O)c1ccc(-n2cccn2)cc1. The van der Waals surface area contributed by atoms with Gasteiger partial charge in [0.2, 0.25) is 0 Å². The minimum Gasteiger partial charge on any atom is -0.375 e. The van der Waals surface area contributed by atoms with E-state index in [1.54, 1.807) is 66.5 Å². The average Bonchev–Trinajstić information content (AvgIpc) is 3.27. The summed E-state index contributed by atoms with van der Waals surface area (Å²) in [5.41, 5.74) is 0.709. The van der Waals surface area contributed by atoms with Crippen LogP contribution < -0.4 is 5.32 Å². The molecule has 0 bridgehead atoms. The van der Waals surface area contributed by atoms with Crippen molar-refractivity contribution in [1.82, 2.24) is 9.78 Å². The quantitative estimate of drug-likeness (QED) is 0.679. The minimum atomic E-state index is -1.99. The number of ketones is 1. The van der Waals surface area contributed by atoms with E-state index in [2.05, 4.69) is 10.4 Å². The number of carbonyl (C=O) groups is 2. The Balaban J connectivity index is 1.64. The van der Waals surface area contributed by atoms with Crippen LogP contribution in [0.1, 0.15) is 27.9 Å². The van der Waals surface area contributed by atoms with E-state index in [1.165, 1.54) is 0 Å². The molecule has 0 spiro atoms. The van der Waals surface area contributed by atoms with Crippen molar-refractivity contribution < 1.29 is 14.7 Å². The van der Waals surface area contributed by atoms with Crippen LogP contribution in [-0.4, -0.2) is 26.6 Å². The fourth-order valence-electron chi connectivity index (χ4n) is 3.30. The average molecular weight is 382 g/mol. The van der Waals surface area contributed by atoms with E-state index in [-0.39, 0.29) is 16.4 Å². The Hall–Kier alpha value is -2.96. The monoisotopic (exact) mass is 381 g/mol. The van der Waals surface area contributed by atoms with Crippen LogP contribution in [0.4, 0.5) is 5.69 Å². The zero-order valence-corrected chi connectivity index (χ0v) is 15.2.